The molecular weight excluding hydrogens is 394 g/mol. The monoisotopic (exact) mass is 417 g/mol. The smallest absolute Gasteiger partial charge is 0.265 e. The van der Waals surface area contributed by atoms with Crippen LogP contribution in [-0.2, 0) is 14.8 Å². The molecule has 154 valence electrons. The lowest BCUT2D eigenvalue weighted by atomic mass is 10.2. The zero-order valence-corrected chi connectivity index (χ0v) is 17.7. The summed E-state index contributed by atoms with van der Waals surface area (Å²) in [6.07, 6.45) is -0.898. The second kappa shape index (κ2) is 8.94. The molecular formula is C20H23N3O5S. The van der Waals surface area contributed by atoms with Gasteiger partial charge in [-0.15, -0.1) is 0 Å². The fourth-order valence-electron chi connectivity index (χ4n) is 2.42. The van der Waals surface area contributed by atoms with E-state index < -0.39 is 22.0 Å². The van der Waals surface area contributed by atoms with Gasteiger partial charge in [0.2, 0.25) is 10.0 Å². The number of amides is 1. The molecule has 0 radical (unpaired) electrons. The molecule has 1 atom stereocenters. The maximum Gasteiger partial charge on any atom is 0.265 e. The molecule has 2 aromatic rings. The number of ether oxygens (including phenoxy) is 2. The van der Waals surface area contributed by atoms with E-state index in [9.17, 15) is 13.2 Å². The minimum Gasteiger partial charge on any atom is -0.493 e. The van der Waals surface area contributed by atoms with E-state index in [0.29, 0.717) is 28.3 Å². The first-order valence-electron chi connectivity index (χ1n) is 8.69. The molecule has 0 aromatic heterocycles. The van der Waals surface area contributed by atoms with Gasteiger partial charge in [0.15, 0.2) is 17.6 Å². The third-order valence-corrected chi connectivity index (χ3v) is 6.02. The molecule has 0 fully saturated rings. The van der Waals surface area contributed by atoms with E-state index in [-0.39, 0.29) is 4.90 Å². The lowest BCUT2D eigenvalue weighted by molar-refractivity contribution is -0.122. The van der Waals surface area contributed by atoms with Crippen LogP contribution in [0.5, 0.6) is 11.5 Å². The first-order valence-corrected chi connectivity index (χ1v) is 10.1. The molecule has 0 saturated carbocycles. The van der Waals surface area contributed by atoms with Crippen LogP contribution in [0, 0.1) is 18.3 Å². The molecule has 0 aliphatic carbocycles. The van der Waals surface area contributed by atoms with E-state index in [2.05, 4.69) is 5.32 Å². The molecule has 29 heavy (non-hydrogen) atoms. The van der Waals surface area contributed by atoms with E-state index >= 15 is 0 Å². The quantitative estimate of drug-likeness (QED) is 0.742. The van der Waals surface area contributed by atoms with E-state index in [1.807, 2.05) is 6.07 Å². The van der Waals surface area contributed by atoms with Gasteiger partial charge in [0.25, 0.3) is 5.91 Å². The Hall–Kier alpha value is -3.09. The molecule has 1 N–H and O–H groups in total. The van der Waals surface area contributed by atoms with Crippen molar-refractivity contribution in [3.05, 3.63) is 47.5 Å². The number of sulfonamides is 1. The van der Waals surface area contributed by atoms with Gasteiger partial charge in [-0.3, -0.25) is 4.79 Å². The predicted molar refractivity (Wildman–Crippen MR) is 108 cm³/mol. The van der Waals surface area contributed by atoms with Gasteiger partial charge in [-0.05, 0) is 43.7 Å². The Morgan fingerprint density at radius 2 is 1.86 bits per heavy atom. The lowest BCUT2D eigenvalue weighted by Gasteiger charge is -2.18. The minimum absolute atomic E-state index is 0.0748. The zero-order valence-electron chi connectivity index (χ0n) is 16.9. The highest BCUT2D eigenvalue weighted by atomic mass is 32.2. The van der Waals surface area contributed by atoms with Crippen LogP contribution in [0.4, 0.5) is 5.69 Å². The summed E-state index contributed by atoms with van der Waals surface area (Å²) in [4.78, 5) is 12.7. The van der Waals surface area contributed by atoms with Gasteiger partial charge in [-0.2, -0.15) is 5.26 Å². The van der Waals surface area contributed by atoms with Crippen LogP contribution < -0.4 is 14.8 Å². The summed E-state index contributed by atoms with van der Waals surface area (Å²) >= 11 is 0. The minimum atomic E-state index is -3.63. The van der Waals surface area contributed by atoms with Crippen molar-refractivity contribution in [1.82, 2.24) is 4.31 Å². The normalized spacial score (nSPS) is 12.2. The molecule has 1 amide bonds. The van der Waals surface area contributed by atoms with Crippen molar-refractivity contribution in [1.29, 1.82) is 5.26 Å². The van der Waals surface area contributed by atoms with Gasteiger partial charge in [0, 0.05) is 25.8 Å². The van der Waals surface area contributed by atoms with Crippen molar-refractivity contribution in [2.24, 2.45) is 0 Å². The van der Waals surface area contributed by atoms with E-state index in [1.165, 1.54) is 39.4 Å². The molecule has 0 saturated heterocycles. The number of nitrogens with one attached hydrogen (secondary N) is 1. The summed E-state index contributed by atoms with van der Waals surface area (Å²) < 4.78 is 36.6. The van der Waals surface area contributed by atoms with Gasteiger partial charge in [-0.25, -0.2) is 12.7 Å². The zero-order chi connectivity index (χ0) is 21.8. The van der Waals surface area contributed by atoms with E-state index in [4.69, 9.17) is 14.7 Å². The van der Waals surface area contributed by atoms with Crippen molar-refractivity contribution >= 4 is 21.6 Å². The van der Waals surface area contributed by atoms with Crippen LogP contribution in [0.2, 0.25) is 0 Å². The van der Waals surface area contributed by atoms with E-state index in [0.717, 1.165) is 4.31 Å². The highest BCUT2D eigenvalue weighted by molar-refractivity contribution is 7.89. The van der Waals surface area contributed by atoms with Crippen molar-refractivity contribution in [3.8, 4) is 17.6 Å². The fraction of sp³-hybridized carbons (Fsp3) is 0.300. The number of aryl methyl sites for hydroxylation is 1. The van der Waals surface area contributed by atoms with Crippen LogP contribution in [-0.4, -0.2) is 45.9 Å². The number of anilines is 1. The number of hydrogen-bond donors (Lipinski definition) is 1. The fourth-order valence-corrected chi connectivity index (χ4v) is 3.35. The summed E-state index contributed by atoms with van der Waals surface area (Å²) in [6, 6.07) is 11.2. The summed E-state index contributed by atoms with van der Waals surface area (Å²) in [7, 11) is 0.688. The molecule has 2 aromatic carbocycles. The van der Waals surface area contributed by atoms with Gasteiger partial charge < -0.3 is 14.8 Å². The number of methoxy groups -OCH3 is 1. The molecule has 0 spiro atoms. The summed E-state index contributed by atoms with van der Waals surface area (Å²) in [6.45, 7) is 3.32. The van der Waals surface area contributed by atoms with Crippen LogP contribution >= 0.6 is 0 Å². The summed E-state index contributed by atoms with van der Waals surface area (Å²) in [5, 5.41) is 11.7. The predicted octanol–water partition coefficient (Wildman–Crippen LogP) is 2.53. The molecule has 2 rings (SSSR count). The second-order valence-electron chi connectivity index (χ2n) is 6.49. The first-order chi connectivity index (χ1) is 13.6. The largest absolute Gasteiger partial charge is 0.493 e. The summed E-state index contributed by atoms with van der Waals surface area (Å²) in [5.41, 5.74) is 1.49. The Bertz CT molecular complexity index is 1060. The molecule has 1 unspecified atom stereocenters. The molecule has 9 heteroatoms. The van der Waals surface area contributed by atoms with Gasteiger partial charge >= 0.3 is 0 Å². The lowest BCUT2D eigenvalue weighted by Crippen LogP contribution is -2.30. The molecule has 0 heterocycles. The molecule has 8 nitrogen and oxygen atoms in total. The Morgan fingerprint density at radius 3 is 2.45 bits per heavy atom. The number of nitrogens with zero attached hydrogens (tertiary/aromatic N) is 2. The van der Waals surface area contributed by atoms with Gasteiger partial charge in [0.05, 0.1) is 23.6 Å². The van der Waals surface area contributed by atoms with Crippen LogP contribution in [0.25, 0.3) is 0 Å². The number of carbonyl (C=O) groups is 1. The maximum absolute atomic E-state index is 12.6. The number of carbonyl (C=O) groups excluding carboxylic acids is 1. The van der Waals surface area contributed by atoms with Gasteiger partial charge in [0.1, 0.15) is 0 Å². The Morgan fingerprint density at radius 1 is 1.17 bits per heavy atom. The SMILES string of the molecule is COc1cc(C#N)ccc1OC(C)C(=O)Nc1cc(S(=O)(=O)N(C)C)ccc1C. The summed E-state index contributed by atoms with van der Waals surface area (Å²) in [5.74, 6) is 0.188. The van der Waals surface area contributed by atoms with Crippen molar-refractivity contribution < 1.29 is 22.7 Å². The average Bonchev–Trinajstić information content (AvgIpc) is 2.69. The third kappa shape index (κ3) is 5.04. The average molecular weight is 417 g/mol. The van der Waals surface area contributed by atoms with Crippen LogP contribution in [0.1, 0.15) is 18.1 Å². The number of nitriles is 1. The molecule has 0 aliphatic heterocycles. The number of hydrogen-bond acceptors (Lipinski definition) is 6. The van der Waals surface area contributed by atoms with Crippen molar-refractivity contribution in [2.45, 2.75) is 24.8 Å². The van der Waals surface area contributed by atoms with Crippen LogP contribution in [0.3, 0.4) is 0 Å². The van der Waals surface area contributed by atoms with Crippen LogP contribution in [0.15, 0.2) is 41.3 Å². The first kappa shape index (κ1) is 22.2. The number of benzene rings is 2. The topological polar surface area (TPSA) is 109 Å². The molecule has 0 aliphatic rings. The molecule has 0 bridgehead atoms. The highest BCUT2D eigenvalue weighted by Gasteiger charge is 2.21. The Balaban J connectivity index is 2.21. The van der Waals surface area contributed by atoms with Gasteiger partial charge in [-0.1, -0.05) is 6.07 Å². The van der Waals surface area contributed by atoms with E-state index in [1.54, 1.807) is 32.0 Å². The maximum atomic E-state index is 12.6. The van der Waals surface area contributed by atoms with Crippen molar-refractivity contribution in [3.63, 3.8) is 0 Å². The third-order valence-electron chi connectivity index (χ3n) is 4.21. The Kier molecular flexibility index (Phi) is 6.84. The number of rotatable bonds is 7. The standard InChI is InChI=1S/C20H23N3O5S/c1-13-6-8-16(29(25,26)23(3)4)11-17(13)22-20(24)14(2)28-18-9-7-15(12-21)10-19(18)27-5/h6-11,14H,1-5H3,(H,22,24). The Labute approximate surface area is 170 Å². The van der Waals surface area contributed by atoms with Crippen molar-refractivity contribution in [2.75, 3.05) is 26.5 Å². The highest BCUT2D eigenvalue weighted by Crippen LogP contribution is 2.29. The second-order valence-corrected chi connectivity index (χ2v) is 8.64.